The summed E-state index contributed by atoms with van der Waals surface area (Å²) in [6, 6.07) is 7.43. The van der Waals surface area contributed by atoms with Gasteiger partial charge in [-0.25, -0.2) is 0 Å². The zero-order valence-electron chi connectivity index (χ0n) is 7.78. The molecule has 3 heteroatoms. The lowest BCUT2D eigenvalue weighted by atomic mass is 10.1. The molecule has 0 saturated carbocycles. The van der Waals surface area contributed by atoms with Gasteiger partial charge in [-0.3, -0.25) is 4.79 Å². The fraction of sp³-hybridized carbons (Fsp3) is 0.300. The first kappa shape index (κ1) is 10.7. The molecule has 1 rings (SSSR count). The first-order valence-electron chi connectivity index (χ1n) is 3.96. The highest BCUT2D eigenvalue weighted by Gasteiger charge is 2.15. The molecule has 0 saturated heterocycles. The second-order valence-electron chi connectivity index (χ2n) is 3.07. The van der Waals surface area contributed by atoms with Crippen LogP contribution in [0.3, 0.4) is 0 Å². The number of thiol groups is 1. The van der Waals surface area contributed by atoms with Gasteiger partial charge in [0.15, 0.2) is 5.75 Å². The molecule has 0 radical (unpaired) electrons. The largest absolute Gasteiger partial charge is 0.289 e. The highest BCUT2D eigenvalue weighted by molar-refractivity contribution is 7.96. The smallest absolute Gasteiger partial charge is 0.212 e. The molecule has 0 aliphatic rings. The van der Waals surface area contributed by atoms with E-state index in [-0.39, 0.29) is 16.7 Å². The number of rotatable bonds is 3. The molecule has 70 valence electrons. The Morgan fingerprint density at radius 1 is 1.38 bits per heavy atom. The van der Waals surface area contributed by atoms with E-state index < -0.39 is 0 Å². The number of carbonyl (C=O) groups is 1. The normalized spacial score (nSPS) is 10.5. The fourth-order valence-corrected chi connectivity index (χ4v) is 2.01. The summed E-state index contributed by atoms with van der Waals surface area (Å²) >= 11 is 4.24. The summed E-state index contributed by atoms with van der Waals surface area (Å²) in [4.78, 5) is 12.4. The van der Waals surface area contributed by atoms with Crippen LogP contribution in [0.15, 0.2) is 29.2 Å². The number of Topliss-reactive ketones (excluding diaryl/α,β-unsaturated/α-hetero) is 1. The molecule has 0 bridgehead atoms. The highest BCUT2D eigenvalue weighted by Crippen LogP contribution is 2.13. The van der Waals surface area contributed by atoms with Gasteiger partial charge in [0.2, 0.25) is 5.78 Å². The summed E-state index contributed by atoms with van der Waals surface area (Å²) in [6.45, 7) is 0. The van der Waals surface area contributed by atoms with E-state index in [0.29, 0.717) is 5.75 Å². The number of hydrogen-bond acceptors (Lipinski definition) is 2. The van der Waals surface area contributed by atoms with E-state index in [1.165, 1.54) is 0 Å². The minimum Gasteiger partial charge on any atom is -0.289 e. The lowest BCUT2D eigenvalue weighted by Gasteiger charge is -2.01. The van der Waals surface area contributed by atoms with Crippen LogP contribution in [0.5, 0.6) is 0 Å². The monoisotopic (exact) mass is 213 g/mol. The fourth-order valence-electron chi connectivity index (χ4n) is 1.05. The Labute approximate surface area is 87.3 Å². The summed E-state index contributed by atoms with van der Waals surface area (Å²) < 4.78 is 0. The average Bonchev–Trinajstić information content (AvgIpc) is 2.03. The number of benzene rings is 1. The Hall–Kier alpha value is -0.410. The van der Waals surface area contributed by atoms with Crippen LogP contribution in [-0.2, 0) is 10.9 Å². The van der Waals surface area contributed by atoms with Crippen LogP contribution in [0, 0.1) is 0 Å². The third-order valence-electron chi connectivity index (χ3n) is 1.62. The van der Waals surface area contributed by atoms with Crippen LogP contribution in [0.2, 0.25) is 0 Å². The third kappa shape index (κ3) is 3.08. The molecule has 0 unspecified atom stereocenters. The van der Waals surface area contributed by atoms with Crippen LogP contribution in [-0.4, -0.2) is 24.0 Å². The Kier molecular flexibility index (Phi) is 3.88. The molecule has 0 fully saturated rings. The van der Waals surface area contributed by atoms with E-state index >= 15 is 0 Å². The minimum atomic E-state index is 0.162. The van der Waals surface area contributed by atoms with Gasteiger partial charge in [-0.15, -0.1) is 12.6 Å². The third-order valence-corrected chi connectivity index (χ3v) is 2.85. The van der Waals surface area contributed by atoms with Gasteiger partial charge in [-0.05, 0) is 17.0 Å². The van der Waals surface area contributed by atoms with Gasteiger partial charge >= 0.3 is 0 Å². The number of carbonyl (C=O) groups excluding carboxylic acids is 1. The van der Waals surface area contributed by atoms with Crippen LogP contribution in [0.1, 0.15) is 10.4 Å². The first-order valence-corrected chi connectivity index (χ1v) is 6.62. The highest BCUT2D eigenvalue weighted by atomic mass is 32.2. The van der Waals surface area contributed by atoms with Crippen molar-refractivity contribution in [2.45, 2.75) is 4.90 Å². The van der Waals surface area contributed by atoms with E-state index in [1.807, 2.05) is 24.3 Å². The Morgan fingerprint density at radius 3 is 2.54 bits per heavy atom. The van der Waals surface area contributed by atoms with Crippen molar-refractivity contribution in [3.63, 3.8) is 0 Å². The minimum absolute atomic E-state index is 0.162. The Bertz CT molecular complexity index is 308. The van der Waals surface area contributed by atoms with Crippen molar-refractivity contribution in [1.82, 2.24) is 0 Å². The molecule has 0 atom stereocenters. The summed E-state index contributed by atoms with van der Waals surface area (Å²) in [5.74, 6) is 0.816. The van der Waals surface area contributed by atoms with E-state index in [9.17, 15) is 4.79 Å². The van der Waals surface area contributed by atoms with E-state index in [0.717, 1.165) is 10.5 Å². The second-order valence-corrected chi connectivity index (χ2v) is 5.81. The van der Waals surface area contributed by atoms with Crippen molar-refractivity contribution < 1.29 is 4.79 Å². The topological polar surface area (TPSA) is 17.1 Å². The van der Waals surface area contributed by atoms with Crippen molar-refractivity contribution in [3.8, 4) is 0 Å². The first-order chi connectivity index (χ1) is 6.11. The predicted octanol–water partition coefficient (Wildman–Crippen LogP) is 2.04. The molecule has 1 nitrogen and oxygen atoms in total. The molecule has 0 aliphatic carbocycles. The van der Waals surface area contributed by atoms with Gasteiger partial charge in [-0.1, -0.05) is 18.2 Å². The zero-order chi connectivity index (χ0) is 9.84. The lowest BCUT2D eigenvalue weighted by molar-refractivity contribution is 0.101. The van der Waals surface area contributed by atoms with E-state index in [2.05, 4.69) is 25.1 Å². The molecule has 0 aliphatic heterocycles. The van der Waals surface area contributed by atoms with Crippen LogP contribution in [0.4, 0.5) is 0 Å². The van der Waals surface area contributed by atoms with Gasteiger partial charge in [0.1, 0.15) is 0 Å². The number of ketones is 1. The lowest BCUT2D eigenvalue weighted by Crippen LogP contribution is -2.14. The second kappa shape index (κ2) is 4.72. The quantitative estimate of drug-likeness (QED) is 0.462. The number of hydrogen-bond donors (Lipinski definition) is 1. The van der Waals surface area contributed by atoms with Gasteiger partial charge in [0, 0.05) is 10.5 Å². The SMILES string of the molecule is C[S+](C)CC(=O)c1ccccc1S. The maximum Gasteiger partial charge on any atom is 0.212 e. The molecular weight excluding hydrogens is 200 g/mol. The van der Waals surface area contributed by atoms with Crippen molar-refractivity contribution >= 4 is 29.3 Å². The van der Waals surface area contributed by atoms with Gasteiger partial charge in [0.05, 0.1) is 12.5 Å². The molecule has 0 spiro atoms. The molecule has 1 aromatic rings. The van der Waals surface area contributed by atoms with Crippen LogP contribution in [0.25, 0.3) is 0 Å². The maximum absolute atomic E-state index is 11.6. The summed E-state index contributed by atoms with van der Waals surface area (Å²) in [7, 11) is 0.162. The molecule has 13 heavy (non-hydrogen) atoms. The van der Waals surface area contributed by atoms with E-state index in [1.54, 1.807) is 0 Å². The average molecular weight is 213 g/mol. The van der Waals surface area contributed by atoms with Crippen LogP contribution >= 0.6 is 12.6 Å². The van der Waals surface area contributed by atoms with Gasteiger partial charge in [0.25, 0.3) is 0 Å². The molecular formula is C10H13OS2+. The van der Waals surface area contributed by atoms with Crippen molar-refractivity contribution in [3.05, 3.63) is 29.8 Å². The van der Waals surface area contributed by atoms with Crippen molar-refractivity contribution in [2.24, 2.45) is 0 Å². The van der Waals surface area contributed by atoms with Gasteiger partial charge in [-0.2, -0.15) is 0 Å². The molecule has 1 aromatic carbocycles. The molecule has 0 N–H and O–H groups in total. The standard InChI is InChI=1S/C10H12OS2/c1-13(2)7-9(11)8-5-3-4-6-10(8)12/h3-6H,7H2,1-2H3/p+1. The van der Waals surface area contributed by atoms with E-state index in [4.69, 9.17) is 0 Å². The van der Waals surface area contributed by atoms with Gasteiger partial charge < -0.3 is 0 Å². The summed E-state index contributed by atoms with van der Waals surface area (Å²) in [5, 5.41) is 0. The van der Waals surface area contributed by atoms with Crippen molar-refractivity contribution in [2.75, 3.05) is 18.3 Å². The summed E-state index contributed by atoms with van der Waals surface area (Å²) in [5.41, 5.74) is 0.743. The Morgan fingerprint density at radius 2 is 2.00 bits per heavy atom. The Balaban J connectivity index is 2.83. The molecule has 0 aromatic heterocycles. The van der Waals surface area contributed by atoms with Crippen LogP contribution < -0.4 is 0 Å². The maximum atomic E-state index is 11.6. The molecule has 0 amide bonds. The predicted molar refractivity (Wildman–Crippen MR) is 62.1 cm³/mol. The summed E-state index contributed by atoms with van der Waals surface area (Å²) in [6.07, 6.45) is 4.14. The van der Waals surface area contributed by atoms with Crippen molar-refractivity contribution in [1.29, 1.82) is 0 Å². The zero-order valence-corrected chi connectivity index (χ0v) is 9.49. The molecule has 0 heterocycles.